The molecule has 0 aliphatic heterocycles. The Kier molecular flexibility index (Phi) is 4.86. The highest BCUT2D eigenvalue weighted by molar-refractivity contribution is 6.31. The summed E-state index contributed by atoms with van der Waals surface area (Å²) in [6, 6.07) is 9.39. The number of rotatable bonds is 4. The summed E-state index contributed by atoms with van der Waals surface area (Å²) in [6.45, 7) is 0. The number of halogens is 3. The molecular weight excluding hydrogens is 302 g/mol. The molecule has 0 bridgehead atoms. The molecule has 2 rings (SSSR count). The van der Waals surface area contributed by atoms with Crippen LogP contribution >= 0.6 is 23.2 Å². The van der Waals surface area contributed by atoms with Crippen molar-refractivity contribution in [2.45, 2.75) is 12.5 Å². The van der Waals surface area contributed by atoms with Gasteiger partial charge in [-0.3, -0.25) is 0 Å². The van der Waals surface area contributed by atoms with Gasteiger partial charge in [0.15, 0.2) is 0 Å². The number of hydrogen-bond donors (Lipinski definition) is 1. The molecule has 1 unspecified atom stereocenters. The van der Waals surface area contributed by atoms with Gasteiger partial charge in [-0.05, 0) is 35.9 Å². The van der Waals surface area contributed by atoms with Crippen LogP contribution in [0.15, 0.2) is 36.4 Å². The number of ether oxygens (including phenoxy) is 1. The Bertz CT molecular complexity index is 617. The van der Waals surface area contributed by atoms with Gasteiger partial charge in [-0.1, -0.05) is 29.3 Å². The SMILES string of the molecule is COc1ccc(Cl)cc1C(O)Cc1ccc(F)c(Cl)c1. The Balaban J connectivity index is 2.25. The van der Waals surface area contributed by atoms with E-state index in [1.54, 1.807) is 24.3 Å². The van der Waals surface area contributed by atoms with Gasteiger partial charge in [0.25, 0.3) is 0 Å². The fourth-order valence-electron chi connectivity index (χ4n) is 1.97. The quantitative estimate of drug-likeness (QED) is 0.905. The summed E-state index contributed by atoms with van der Waals surface area (Å²) in [6.07, 6.45) is -0.526. The molecule has 0 aliphatic rings. The lowest BCUT2D eigenvalue weighted by atomic mass is 10.0. The van der Waals surface area contributed by atoms with Crippen LogP contribution in [-0.4, -0.2) is 12.2 Å². The molecule has 0 saturated carbocycles. The average molecular weight is 315 g/mol. The molecule has 0 heterocycles. The topological polar surface area (TPSA) is 29.5 Å². The van der Waals surface area contributed by atoms with Gasteiger partial charge in [0, 0.05) is 17.0 Å². The van der Waals surface area contributed by atoms with Crippen molar-refractivity contribution in [2.75, 3.05) is 7.11 Å². The molecule has 1 atom stereocenters. The third-order valence-electron chi connectivity index (χ3n) is 2.96. The van der Waals surface area contributed by atoms with Gasteiger partial charge in [0.1, 0.15) is 11.6 Å². The molecule has 5 heteroatoms. The number of methoxy groups -OCH3 is 1. The predicted molar refractivity (Wildman–Crippen MR) is 78.1 cm³/mol. The molecule has 2 aromatic rings. The van der Waals surface area contributed by atoms with Gasteiger partial charge < -0.3 is 9.84 Å². The van der Waals surface area contributed by atoms with Crippen molar-refractivity contribution in [1.82, 2.24) is 0 Å². The third kappa shape index (κ3) is 3.42. The van der Waals surface area contributed by atoms with Crippen molar-refractivity contribution >= 4 is 23.2 Å². The number of aliphatic hydroxyl groups excluding tert-OH is 1. The van der Waals surface area contributed by atoms with Gasteiger partial charge in [-0.25, -0.2) is 4.39 Å². The van der Waals surface area contributed by atoms with E-state index >= 15 is 0 Å². The normalized spacial score (nSPS) is 12.2. The molecule has 1 N–H and O–H groups in total. The summed E-state index contributed by atoms with van der Waals surface area (Å²) in [5, 5.41) is 10.8. The molecule has 20 heavy (non-hydrogen) atoms. The first kappa shape index (κ1) is 15.1. The van der Waals surface area contributed by atoms with E-state index in [1.165, 1.54) is 19.2 Å². The lowest BCUT2D eigenvalue weighted by molar-refractivity contribution is 0.174. The van der Waals surface area contributed by atoms with Gasteiger partial charge in [0.2, 0.25) is 0 Å². The Morgan fingerprint density at radius 2 is 1.95 bits per heavy atom. The van der Waals surface area contributed by atoms with Crippen LogP contribution in [0, 0.1) is 5.82 Å². The molecule has 0 amide bonds. The Morgan fingerprint density at radius 1 is 1.20 bits per heavy atom. The summed E-state index contributed by atoms with van der Waals surface area (Å²) in [5.41, 5.74) is 1.31. The fraction of sp³-hybridized carbons (Fsp3) is 0.200. The van der Waals surface area contributed by atoms with Crippen molar-refractivity contribution in [1.29, 1.82) is 0 Å². The smallest absolute Gasteiger partial charge is 0.141 e. The van der Waals surface area contributed by atoms with Crippen LogP contribution in [0.3, 0.4) is 0 Å². The first-order chi connectivity index (χ1) is 9.51. The van der Waals surface area contributed by atoms with Crippen molar-refractivity contribution in [3.63, 3.8) is 0 Å². The maximum absolute atomic E-state index is 13.1. The maximum Gasteiger partial charge on any atom is 0.141 e. The number of aliphatic hydroxyl groups is 1. The Labute approximate surface area is 126 Å². The summed E-state index contributed by atoms with van der Waals surface area (Å²) in [4.78, 5) is 0. The molecule has 0 saturated heterocycles. The first-order valence-corrected chi connectivity index (χ1v) is 6.72. The summed E-state index contributed by atoms with van der Waals surface area (Å²) in [5.74, 6) is 0.0698. The molecule has 0 aromatic heterocycles. The van der Waals surface area contributed by atoms with Crippen molar-refractivity contribution in [2.24, 2.45) is 0 Å². The van der Waals surface area contributed by atoms with Crippen LogP contribution < -0.4 is 4.74 Å². The minimum Gasteiger partial charge on any atom is -0.496 e. The second kappa shape index (κ2) is 6.44. The largest absolute Gasteiger partial charge is 0.496 e. The monoisotopic (exact) mass is 314 g/mol. The average Bonchev–Trinajstić information content (AvgIpc) is 2.43. The van der Waals surface area contributed by atoms with Gasteiger partial charge in [0.05, 0.1) is 18.2 Å². The predicted octanol–water partition coefficient (Wildman–Crippen LogP) is 4.42. The van der Waals surface area contributed by atoms with E-state index in [1.807, 2.05) is 0 Å². The molecule has 106 valence electrons. The highest BCUT2D eigenvalue weighted by atomic mass is 35.5. The lowest BCUT2D eigenvalue weighted by Gasteiger charge is -2.15. The van der Waals surface area contributed by atoms with E-state index in [2.05, 4.69) is 0 Å². The molecule has 2 nitrogen and oxygen atoms in total. The molecule has 0 fully saturated rings. The zero-order chi connectivity index (χ0) is 14.7. The maximum atomic E-state index is 13.1. The molecule has 0 aliphatic carbocycles. The molecular formula is C15H13Cl2FO2. The van der Waals surface area contributed by atoms with Crippen LogP contribution in [0.1, 0.15) is 17.2 Å². The van der Waals surface area contributed by atoms with E-state index in [-0.39, 0.29) is 11.4 Å². The van der Waals surface area contributed by atoms with Crippen molar-refractivity contribution < 1.29 is 14.2 Å². The minimum absolute atomic E-state index is 0.0350. The van der Waals surface area contributed by atoms with E-state index in [0.717, 1.165) is 5.56 Å². The van der Waals surface area contributed by atoms with Crippen LogP contribution in [0.25, 0.3) is 0 Å². The van der Waals surface area contributed by atoms with E-state index in [0.29, 0.717) is 16.3 Å². The lowest BCUT2D eigenvalue weighted by Crippen LogP contribution is -2.04. The van der Waals surface area contributed by atoms with E-state index < -0.39 is 11.9 Å². The van der Waals surface area contributed by atoms with Crippen molar-refractivity contribution in [3.8, 4) is 5.75 Å². The molecule has 2 aromatic carbocycles. The summed E-state index contributed by atoms with van der Waals surface area (Å²) >= 11 is 11.7. The van der Waals surface area contributed by atoms with Crippen LogP contribution in [0.2, 0.25) is 10.0 Å². The second-order valence-electron chi connectivity index (χ2n) is 4.35. The van der Waals surface area contributed by atoms with Crippen molar-refractivity contribution in [3.05, 3.63) is 63.4 Å². The Hall–Kier alpha value is -1.29. The van der Waals surface area contributed by atoms with Crippen LogP contribution in [0.5, 0.6) is 5.75 Å². The van der Waals surface area contributed by atoms with Crippen LogP contribution in [-0.2, 0) is 6.42 Å². The van der Waals surface area contributed by atoms with E-state index in [9.17, 15) is 9.50 Å². The standard InChI is InChI=1S/C15H13Cl2FO2/c1-20-15-5-3-10(16)8-11(15)14(19)7-9-2-4-13(18)12(17)6-9/h2-6,8,14,19H,7H2,1H3. The highest BCUT2D eigenvalue weighted by Gasteiger charge is 2.15. The third-order valence-corrected chi connectivity index (χ3v) is 3.49. The zero-order valence-electron chi connectivity index (χ0n) is 10.7. The fourth-order valence-corrected chi connectivity index (χ4v) is 2.35. The number of benzene rings is 2. The molecule has 0 radical (unpaired) electrons. The minimum atomic E-state index is -0.815. The molecule has 0 spiro atoms. The Morgan fingerprint density at radius 3 is 2.60 bits per heavy atom. The van der Waals surface area contributed by atoms with Crippen LogP contribution in [0.4, 0.5) is 4.39 Å². The number of hydrogen-bond acceptors (Lipinski definition) is 2. The zero-order valence-corrected chi connectivity index (χ0v) is 12.2. The second-order valence-corrected chi connectivity index (χ2v) is 5.20. The van der Waals surface area contributed by atoms with E-state index in [4.69, 9.17) is 27.9 Å². The first-order valence-electron chi connectivity index (χ1n) is 5.96. The summed E-state index contributed by atoms with van der Waals surface area (Å²) in [7, 11) is 1.52. The highest BCUT2D eigenvalue weighted by Crippen LogP contribution is 2.30. The summed E-state index contributed by atoms with van der Waals surface area (Å²) < 4.78 is 18.3. The van der Waals surface area contributed by atoms with Gasteiger partial charge in [-0.15, -0.1) is 0 Å². The van der Waals surface area contributed by atoms with Gasteiger partial charge in [-0.2, -0.15) is 0 Å². The van der Waals surface area contributed by atoms with Gasteiger partial charge >= 0.3 is 0 Å².